The minimum atomic E-state index is -2.20. The summed E-state index contributed by atoms with van der Waals surface area (Å²) < 4.78 is 37.2. The summed E-state index contributed by atoms with van der Waals surface area (Å²) in [7, 11) is 0. The monoisotopic (exact) mass is 662 g/mol. The first-order valence-corrected chi connectivity index (χ1v) is 13.8. The standard InChI is InChI=1S/C24H38O21/c1-3-5(25)7(27)12(32)22(39-3)42-15-10(30)13(33)23(45-18(15)20(36)37)44-16-8(28)6(26)4(2)40-24(16)43-14-9(29)11(31)21(38)41-17(14)19(34)35/h3-18,21-33,38H,1-2H3,(H,34,35)(H,36,37)/t3-,4-,5-,6-,7+,8+,9+,10+,11+,12+,13+,14+,15+,16+,17-,18-,21-,22-,23-,24-/m0/s1. The first kappa shape index (κ1) is 36.1. The van der Waals surface area contributed by atoms with E-state index in [0.717, 1.165) is 0 Å². The molecule has 21 heteroatoms. The minimum absolute atomic E-state index is 1.11. The van der Waals surface area contributed by atoms with Crippen LogP contribution in [0.4, 0.5) is 0 Å². The van der Waals surface area contributed by atoms with Crippen LogP contribution in [0, 0.1) is 0 Å². The lowest BCUT2D eigenvalue weighted by Crippen LogP contribution is -2.67. The highest BCUT2D eigenvalue weighted by Crippen LogP contribution is 2.34. The summed E-state index contributed by atoms with van der Waals surface area (Å²) in [6, 6.07) is 0. The van der Waals surface area contributed by atoms with Gasteiger partial charge in [-0.3, -0.25) is 0 Å². The molecule has 0 aromatic heterocycles. The Kier molecular flexibility index (Phi) is 11.4. The van der Waals surface area contributed by atoms with Gasteiger partial charge in [0.1, 0.15) is 73.2 Å². The molecule has 0 aliphatic carbocycles. The van der Waals surface area contributed by atoms with Crippen molar-refractivity contribution in [3.05, 3.63) is 0 Å². The molecule has 0 aromatic rings. The highest BCUT2D eigenvalue weighted by Gasteiger charge is 2.56. The lowest BCUT2D eigenvalue weighted by Gasteiger charge is -2.48. The highest BCUT2D eigenvalue weighted by atomic mass is 16.8. The van der Waals surface area contributed by atoms with Gasteiger partial charge in [-0.05, 0) is 13.8 Å². The van der Waals surface area contributed by atoms with Gasteiger partial charge >= 0.3 is 11.9 Å². The van der Waals surface area contributed by atoms with Crippen molar-refractivity contribution in [2.75, 3.05) is 0 Å². The van der Waals surface area contributed by atoms with E-state index in [2.05, 4.69) is 0 Å². The molecule has 0 aromatic carbocycles. The van der Waals surface area contributed by atoms with E-state index < -0.39 is 135 Å². The second-order valence-corrected chi connectivity index (χ2v) is 11.2. The van der Waals surface area contributed by atoms with Crippen molar-refractivity contribution in [1.82, 2.24) is 0 Å². The van der Waals surface area contributed by atoms with Gasteiger partial charge in [-0.25, -0.2) is 9.59 Å². The van der Waals surface area contributed by atoms with E-state index in [1.165, 1.54) is 13.8 Å². The van der Waals surface area contributed by atoms with Crippen molar-refractivity contribution >= 4 is 11.9 Å². The highest BCUT2D eigenvalue weighted by molar-refractivity contribution is 5.74. The van der Waals surface area contributed by atoms with Crippen molar-refractivity contribution in [2.24, 2.45) is 0 Å². The third kappa shape index (κ3) is 7.09. The molecule has 0 unspecified atom stereocenters. The van der Waals surface area contributed by atoms with Gasteiger partial charge in [-0.1, -0.05) is 0 Å². The van der Waals surface area contributed by atoms with Crippen LogP contribution in [-0.4, -0.2) is 196 Å². The summed E-state index contributed by atoms with van der Waals surface area (Å²) in [5.41, 5.74) is 0. The SMILES string of the molecule is C[C@@H]1O[C@@H](O[C@@H]2[C@H](O)[C@@H](O)[C@@H](O[C@H]3[C@H](O[C@@H]4[C@H](O)[C@@H](O)[C@@H](O)O[C@@H]4C(=O)O)O[C@@H](C)[C@H](O)[C@H]3O)O[C@@H]2C(=O)O)[C@H](O)[C@H](O)[C@H]1O. The topological polar surface area (TPSA) is 342 Å². The summed E-state index contributed by atoms with van der Waals surface area (Å²) in [6.07, 6.45) is -38.1. The molecule has 0 spiro atoms. The fraction of sp³-hybridized carbons (Fsp3) is 0.917. The maximum Gasteiger partial charge on any atom is 0.335 e. The van der Waals surface area contributed by atoms with Gasteiger partial charge in [0.05, 0.1) is 12.2 Å². The molecular weight excluding hydrogens is 624 g/mol. The maximum atomic E-state index is 12.1. The molecular formula is C24H38O21. The molecule has 0 saturated carbocycles. The Morgan fingerprint density at radius 1 is 0.444 bits per heavy atom. The fourth-order valence-corrected chi connectivity index (χ4v) is 5.35. The number of aliphatic hydroxyl groups excluding tert-OH is 10. The van der Waals surface area contributed by atoms with Crippen LogP contribution in [0.5, 0.6) is 0 Å². The summed E-state index contributed by atoms with van der Waals surface area (Å²) in [4.78, 5) is 23.9. The minimum Gasteiger partial charge on any atom is -0.479 e. The maximum absolute atomic E-state index is 12.1. The predicted octanol–water partition coefficient (Wildman–Crippen LogP) is -7.51. The average molecular weight is 663 g/mol. The van der Waals surface area contributed by atoms with Gasteiger partial charge in [-0.2, -0.15) is 0 Å². The Hall–Kier alpha value is -1.74. The van der Waals surface area contributed by atoms with Crippen LogP contribution in [0.3, 0.4) is 0 Å². The quantitative estimate of drug-likeness (QED) is 0.115. The van der Waals surface area contributed by atoms with Crippen LogP contribution in [0.1, 0.15) is 13.8 Å². The van der Waals surface area contributed by atoms with Crippen LogP contribution in [0.15, 0.2) is 0 Å². The molecule has 4 rings (SSSR count). The molecule has 4 fully saturated rings. The number of rotatable bonds is 8. The molecule has 4 saturated heterocycles. The Morgan fingerprint density at radius 3 is 1.38 bits per heavy atom. The molecule has 4 heterocycles. The molecule has 260 valence electrons. The number of hydrogen-bond acceptors (Lipinski definition) is 19. The second kappa shape index (κ2) is 14.2. The Balaban J connectivity index is 1.55. The average Bonchev–Trinajstić information content (AvgIpc) is 2.98. The first-order chi connectivity index (χ1) is 21.0. The van der Waals surface area contributed by atoms with Gasteiger partial charge < -0.3 is 94.4 Å². The van der Waals surface area contributed by atoms with E-state index in [1.807, 2.05) is 0 Å². The zero-order valence-electron chi connectivity index (χ0n) is 23.6. The normalized spacial score (nSPS) is 52.7. The molecule has 0 amide bonds. The molecule has 4 aliphatic rings. The van der Waals surface area contributed by atoms with Gasteiger partial charge in [0.25, 0.3) is 0 Å². The van der Waals surface area contributed by atoms with Crippen molar-refractivity contribution in [3.8, 4) is 0 Å². The van der Waals surface area contributed by atoms with Gasteiger partial charge in [-0.15, -0.1) is 0 Å². The van der Waals surface area contributed by atoms with E-state index >= 15 is 0 Å². The van der Waals surface area contributed by atoms with Crippen molar-refractivity contribution < 1.29 is 104 Å². The van der Waals surface area contributed by atoms with Crippen LogP contribution >= 0.6 is 0 Å². The van der Waals surface area contributed by atoms with E-state index in [9.17, 15) is 70.9 Å². The summed E-state index contributed by atoms with van der Waals surface area (Å²) >= 11 is 0. The third-order valence-electron chi connectivity index (χ3n) is 8.06. The van der Waals surface area contributed by atoms with E-state index in [1.54, 1.807) is 0 Å². The third-order valence-corrected chi connectivity index (χ3v) is 8.06. The van der Waals surface area contributed by atoms with Crippen molar-refractivity contribution in [2.45, 2.75) is 137 Å². The zero-order valence-corrected chi connectivity index (χ0v) is 23.6. The summed E-state index contributed by atoms with van der Waals surface area (Å²) in [5.74, 6) is -3.54. The zero-order chi connectivity index (χ0) is 33.7. The van der Waals surface area contributed by atoms with Crippen molar-refractivity contribution in [3.63, 3.8) is 0 Å². The predicted molar refractivity (Wildman–Crippen MR) is 132 cm³/mol. The number of carboxylic acid groups (broad SMARTS) is 2. The first-order valence-electron chi connectivity index (χ1n) is 13.8. The molecule has 0 bridgehead atoms. The smallest absolute Gasteiger partial charge is 0.335 e. The molecule has 12 N–H and O–H groups in total. The number of ether oxygens (including phenoxy) is 7. The fourth-order valence-electron chi connectivity index (χ4n) is 5.35. The Labute approximate surface area is 253 Å². The molecule has 21 nitrogen and oxygen atoms in total. The molecule has 0 radical (unpaired) electrons. The molecule has 20 atom stereocenters. The summed E-state index contributed by atoms with van der Waals surface area (Å²) in [5, 5.41) is 123. The van der Waals surface area contributed by atoms with Gasteiger partial charge in [0.2, 0.25) is 0 Å². The Bertz CT molecular complexity index is 1030. The van der Waals surface area contributed by atoms with Crippen molar-refractivity contribution in [1.29, 1.82) is 0 Å². The number of aliphatic hydroxyl groups is 10. The lowest BCUT2D eigenvalue weighted by atomic mass is 9.96. The van der Waals surface area contributed by atoms with Crippen LogP contribution in [0.25, 0.3) is 0 Å². The van der Waals surface area contributed by atoms with Crippen LogP contribution < -0.4 is 0 Å². The summed E-state index contributed by atoms with van der Waals surface area (Å²) in [6.45, 7) is 2.57. The molecule has 4 aliphatic heterocycles. The number of carboxylic acids is 2. The van der Waals surface area contributed by atoms with Crippen LogP contribution in [-0.2, 0) is 42.7 Å². The second-order valence-electron chi connectivity index (χ2n) is 11.2. The largest absolute Gasteiger partial charge is 0.479 e. The van der Waals surface area contributed by atoms with E-state index in [-0.39, 0.29) is 0 Å². The number of carbonyl (C=O) groups is 2. The van der Waals surface area contributed by atoms with Gasteiger partial charge in [0, 0.05) is 0 Å². The van der Waals surface area contributed by atoms with Crippen LogP contribution in [0.2, 0.25) is 0 Å². The lowest BCUT2D eigenvalue weighted by molar-refractivity contribution is -0.388. The van der Waals surface area contributed by atoms with E-state index in [4.69, 9.17) is 33.2 Å². The van der Waals surface area contributed by atoms with E-state index in [0.29, 0.717) is 0 Å². The molecule has 45 heavy (non-hydrogen) atoms. The number of hydrogen-bond donors (Lipinski definition) is 12. The van der Waals surface area contributed by atoms with Gasteiger partial charge in [0.15, 0.2) is 37.4 Å². The number of aliphatic carboxylic acids is 2. The Morgan fingerprint density at radius 2 is 0.822 bits per heavy atom.